The molecule has 0 spiro atoms. The number of aryl methyl sites for hydroxylation is 1. The molecule has 3 nitrogen and oxygen atoms in total. The maximum Gasteiger partial charge on any atom is 0.258 e. The summed E-state index contributed by atoms with van der Waals surface area (Å²) in [5.41, 5.74) is 6.38. The molecule has 0 aliphatic heterocycles. The molecule has 2 aromatic rings. The highest BCUT2D eigenvalue weighted by atomic mass is 79.9. The Kier molecular flexibility index (Phi) is 4.04. The van der Waals surface area contributed by atoms with Gasteiger partial charge in [0, 0.05) is 10.2 Å². The molecule has 20 heavy (non-hydrogen) atoms. The fraction of sp³-hybridized carbons (Fsp3) is 0.0714. The number of carbonyl (C=O) groups excluding carboxylic acids is 1. The van der Waals surface area contributed by atoms with E-state index in [0.717, 1.165) is 0 Å². The van der Waals surface area contributed by atoms with Gasteiger partial charge in [0.05, 0.1) is 11.3 Å². The third-order valence-corrected chi connectivity index (χ3v) is 3.36. The number of halogens is 3. The predicted molar refractivity (Wildman–Crippen MR) is 77.6 cm³/mol. The van der Waals surface area contributed by atoms with Gasteiger partial charge in [0.15, 0.2) is 0 Å². The van der Waals surface area contributed by atoms with Gasteiger partial charge < -0.3 is 11.1 Å². The molecule has 1 amide bonds. The number of nitrogens with two attached hydrogens (primary N) is 1. The summed E-state index contributed by atoms with van der Waals surface area (Å²) in [5.74, 6) is -1.72. The van der Waals surface area contributed by atoms with Crippen LogP contribution in [0.25, 0.3) is 0 Å². The highest BCUT2D eigenvalue weighted by Gasteiger charge is 2.16. The molecule has 2 aromatic carbocycles. The van der Waals surface area contributed by atoms with Gasteiger partial charge in [-0.25, -0.2) is 8.78 Å². The molecule has 0 aliphatic carbocycles. The van der Waals surface area contributed by atoms with Crippen molar-refractivity contribution in [2.75, 3.05) is 11.1 Å². The topological polar surface area (TPSA) is 55.1 Å². The highest BCUT2D eigenvalue weighted by Crippen LogP contribution is 2.25. The zero-order valence-corrected chi connectivity index (χ0v) is 12.1. The van der Waals surface area contributed by atoms with Crippen molar-refractivity contribution >= 4 is 33.2 Å². The van der Waals surface area contributed by atoms with Gasteiger partial charge in [0.2, 0.25) is 0 Å². The first-order valence-corrected chi connectivity index (χ1v) is 6.50. The van der Waals surface area contributed by atoms with Crippen LogP contribution >= 0.6 is 15.9 Å². The van der Waals surface area contributed by atoms with E-state index < -0.39 is 17.5 Å². The van der Waals surface area contributed by atoms with Crippen molar-refractivity contribution in [2.24, 2.45) is 0 Å². The third-order valence-electron chi connectivity index (χ3n) is 2.70. The van der Waals surface area contributed by atoms with Crippen molar-refractivity contribution in [3.63, 3.8) is 0 Å². The summed E-state index contributed by atoms with van der Waals surface area (Å²) < 4.78 is 27.2. The Hall–Kier alpha value is -1.95. The number of carbonyl (C=O) groups is 1. The molecule has 2 rings (SSSR count). The highest BCUT2D eigenvalue weighted by molar-refractivity contribution is 9.10. The molecule has 0 saturated heterocycles. The minimum atomic E-state index is -0.648. The van der Waals surface area contributed by atoms with Crippen LogP contribution in [0.2, 0.25) is 0 Å². The SMILES string of the molecule is Cc1cc(N)cc(C(=O)Nc2ccc(F)cc2Br)c1F. The second-order valence-electron chi connectivity index (χ2n) is 4.28. The molecule has 0 bridgehead atoms. The molecule has 0 radical (unpaired) electrons. The Bertz CT molecular complexity index is 689. The molecular formula is C14H11BrF2N2O. The smallest absolute Gasteiger partial charge is 0.258 e. The maximum atomic E-state index is 13.9. The first-order valence-electron chi connectivity index (χ1n) is 5.70. The maximum absolute atomic E-state index is 13.9. The van der Waals surface area contributed by atoms with E-state index in [-0.39, 0.29) is 11.1 Å². The first-order chi connectivity index (χ1) is 9.38. The number of amides is 1. The lowest BCUT2D eigenvalue weighted by Gasteiger charge is -2.10. The second kappa shape index (κ2) is 5.58. The Morgan fingerprint density at radius 2 is 1.95 bits per heavy atom. The van der Waals surface area contributed by atoms with Gasteiger partial charge in [-0.3, -0.25) is 4.79 Å². The first kappa shape index (κ1) is 14.5. The van der Waals surface area contributed by atoms with Crippen molar-refractivity contribution < 1.29 is 13.6 Å². The average Bonchev–Trinajstić information content (AvgIpc) is 2.37. The number of nitrogen functional groups attached to an aromatic ring is 1. The number of hydrogen-bond acceptors (Lipinski definition) is 2. The summed E-state index contributed by atoms with van der Waals surface area (Å²) in [6, 6.07) is 6.49. The van der Waals surface area contributed by atoms with E-state index in [1.165, 1.54) is 37.3 Å². The van der Waals surface area contributed by atoms with Crippen LogP contribution < -0.4 is 11.1 Å². The van der Waals surface area contributed by atoms with E-state index in [1.54, 1.807) is 0 Å². The molecule has 0 aromatic heterocycles. The minimum Gasteiger partial charge on any atom is -0.399 e. The largest absolute Gasteiger partial charge is 0.399 e. The number of rotatable bonds is 2. The molecule has 0 unspecified atom stereocenters. The van der Waals surface area contributed by atoms with Crippen LogP contribution in [-0.2, 0) is 0 Å². The Balaban J connectivity index is 2.33. The lowest BCUT2D eigenvalue weighted by atomic mass is 10.1. The fourth-order valence-corrected chi connectivity index (χ4v) is 2.19. The van der Waals surface area contributed by atoms with Crippen molar-refractivity contribution in [3.8, 4) is 0 Å². The van der Waals surface area contributed by atoms with Crippen LogP contribution in [0.5, 0.6) is 0 Å². The summed E-state index contributed by atoms with van der Waals surface area (Å²) in [7, 11) is 0. The Morgan fingerprint density at radius 3 is 2.60 bits per heavy atom. The van der Waals surface area contributed by atoms with E-state index >= 15 is 0 Å². The van der Waals surface area contributed by atoms with Crippen molar-refractivity contribution in [1.82, 2.24) is 0 Å². The van der Waals surface area contributed by atoms with Gasteiger partial charge in [-0.05, 0) is 58.7 Å². The average molecular weight is 341 g/mol. The number of anilines is 2. The van der Waals surface area contributed by atoms with E-state index in [1.807, 2.05) is 0 Å². The number of nitrogens with one attached hydrogen (secondary N) is 1. The molecule has 104 valence electrons. The monoisotopic (exact) mass is 340 g/mol. The lowest BCUT2D eigenvalue weighted by Crippen LogP contribution is -2.15. The summed E-state index contributed by atoms with van der Waals surface area (Å²) in [6.07, 6.45) is 0. The summed E-state index contributed by atoms with van der Waals surface area (Å²) in [5, 5.41) is 2.50. The third kappa shape index (κ3) is 2.96. The Morgan fingerprint density at radius 1 is 1.25 bits per heavy atom. The lowest BCUT2D eigenvalue weighted by molar-refractivity contribution is 0.102. The number of hydrogen-bond donors (Lipinski definition) is 2. The zero-order chi connectivity index (χ0) is 14.9. The van der Waals surface area contributed by atoms with Crippen molar-refractivity contribution in [1.29, 1.82) is 0 Å². The standard InChI is InChI=1S/C14H11BrF2N2O/c1-7-4-9(18)6-10(13(7)17)14(20)19-12-3-2-8(16)5-11(12)15/h2-6H,18H2,1H3,(H,19,20). The molecule has 0 fully saturated rings. The Labute approximate surface area is 122 Å². The van der Waals surface area contributed by atoms with Crippen LogP contribution in [0.4, 0.5) is 20.2 Å². The van der Waals surface area contributed by atoms with E-state index in [2.05, 4.69) is 21.2 Å². The molecular weight excluding hydrogens is 330 g/mol. The summed E-state index contributed by atoms with van der Waals surface area (Å²) in [6.45, 7) is 1.52. The zero-order valence-electron chi connectivity index (χ0n) is 10.5. The van der Waals surface area contributed by atoms with Crippen LogP contribution in [0, 0.1) is 18.6 Å². The van der Waals surface area contributed by atoms with E-state index in [9.17, 15) is 13.6 Å². The summed E-state index contributed by atoms with van der Waals surface area (Å²) in [4.78, 5) is 12.1. The van der Waals surface area contributed by atoms with Gasteiger partial charge >= 0.3 is 0 Å². The van der Waals surface area contributed by atoms with Crippen LogP contribution in [0.1, 0.15) is 15.9 Å². The van der Waals surface area contributed by atoms with E-state index in [4.69, 9.17) is 5.73 Å². The molecule has 6 heteroatoms. The van der Waals surface area contributed by atoms with Crippen molar-refractivity contribution in [3.05, 3.63) is 57.6 Å². The van der Waals surface area contributed by atoms with Gasteiger partial charge in [0.25, 0.3) is 5.91 Å². The molecule has 0 aliphatic rings. The second-order valence-corrected chi connectivity index (χ2v) is 5.13. The minimum absolute atomic E-state index is 0.154. The van der Waals surface area contributed by atoms with E-state index in [0.29, 0.717) is 15.8 Å². The molecule has 0 saturated carbocycles. The molecule has 0 atom stereocenters. The van der Waals surface area contributed by atoms with Gasteiger partial charge in [0.1, 0.15) is 11.6 Å². The van der Waals surface area contributed by atoms with Crippen LogP contribution in [-0.4, -0.2) is 5.91 Å². The quantitative estimate of drug-likeness (QED) is 0.815. The predicted octanol–water partition coefficient (Wildman–Crippen LogP) is 3.87. The van der Waals surface area contributed by atoms with Crippen LogP contribution in [0.3, 0.4) is 0 Å². The fourth-order valence-electron chi connectivity index (χ4n) is 1.74. The van der Waals surface area contributed by atoms with Gasteiger partial charge in [-0.1, -0.05) is 0 Å². The molecule has 0 heterocycles. The van der Waals surface area contributed by atoms with Gasteiger partial charge in [-0.15, -0.1) is 0 Å². The molecule has 3 N–H and O–H groups in total. The van der Waals surface area contributed by atoms with Crippen molar-refractivity contribution in [2.45, 2.75) is 6.92 Å². The number of benzene rings is 2. The summed E-state index contributed by atoms with van der Waals surface area (Å²) >= 11 is 3.12. The van der Waals surface area contributed by atoms with Crippen LogP contribution in [0.15, 0.2) is 34.8 Å². The van der Waals surface area contributed by atoms with Gasteiger partial charge in [-0.2, -0.15) is 0 Å². The normalized spacial score (nSPS) is 10.4.